The van der Waals surface area contributed by atoms with E-state index in [1.807, 2.05) is 49.6 Å². The van der Waals surface area contributed by atoms with Gasteiger partial charge in [-0.15, -0.1) is 6.42 Å². The molecule has 0 amide bonds. The molecular weight excluding hydrogens is 680 g/mol. The van der Waals surface area contributed by atoms with Gasteiger partial charge in [-0.3, -0.25) is 0 Å². The first-order chi connectivity index (χ1) is 27.2. The number of para-hydroxylation sites is 1. The lowest BCUT2D eigenvalue weighted by molar-refractivity contribution is 0.442. The number of anilines is 2. The molecule has 266 valence electrons. The van der Waals surface area contributed by atoms with Crippen molar-refractivity contribution in [2.24, 2.45) is 0 Å². The summed E-state index contributed by atoms with van der Waals surface area (Å²) in [5.74, 6) is 2.59. The molecule has 8 aromatic carbocycles. The minimum Gasteiger partial charge on any atom is -0.509 e. The number of rotatable bonds is 8. The topological polar surface area (TPSA) is 78.5 Å². The zero-order valence-electron chi connectivity index (χ0n) is 32.1. The van der Waals surface area contributed by atoms with Crippen molar-refractivity contribution in [1.82, 2.24) is 0 Å². The Bertz CT molecular complexity index is 2860. The van der Waals surface area contributed by atoms with Gasteiger partial charge in [0.1, 0.15) is 37.1 Å². The van der Waals surface area contributed by atoms with E-state index < -0.39 is 0 Å². The van der Waals surface area contributed by atoms with Gasteiger partial charge in [0.2, 0.25) is 0 Å². The van der Waals surface area contributed by atoms with Crippen LogP contribution in [0.4, 0.5) is 11.4 Å². The van der Waals surface area contributed by atoms with Gasteiger partial charge in [-0.05, 0) is 113 Å². The average molecular weight is 720 g/mol. The van der Waals surface area contributed by atoms with Crippen molar-refractivity contribution in [3.8, 4) is 29.2 Å². The van der Waals surface area contributed by atoms with Crippen molar-refractivity contribution in [2.75, 3.05) is 11.1 Å². The number of fused-ring (bicyclic) bond motifs is 3. The second-order valence-electron chi connectivity index (χ2n) is 14.7. The summed E-state index contributed by atoms with van der Waals surface area (Å²) in [5, 5.41) is 32.8. The summed E-state index contributed by atoms with van der Waals surface area (Å²) in [7, 11) is 7.70. The highest BCUT2D eigenvalue weighted by molar-refractivity contribution is 6.57. The number of nitrogen functional groups attached to an aromatic ring is 1. The molecule has 1 atom stereocenters. The average Bonchev–Trinajstić information content (AvgIpc) is 3.23. The Labute approximate surface area is 331 Å². The van der Waals surface area contributed by atoms with E-state index in [1.54, 1.807) is 0 Å². The zero-order chi connectivity index (χ0) is 39.1. The maximum atomic E-state index is 11.3. The quantitative estimate of drug-likeness (QED) is 0.0576. The number of nitrogens with one attached hydrogen (secondary N) is 1. The highest BCUT2D eigenvalue weighted by Gasteiger charge is 2.23. The number of hydrogen-bond acceptors (Lipinski definition) is 4. The zero-order valence-corrected chi connectivity index (χ0v) is 32.1. The molecule has 0 saturated carbocycles. The van der Waals surface area contributed by atoms with Crippen molar-refractivity contribution in [3.05, 3.63) is 173 Å². The van der Waals surface area contributed by atoms with Gasteiger partial charge >= 0.3 is 0 Å². The van der Waals surface area contributed by atoms with Crippen LogP contribution in [-0.2, 0) is 6.42 Å². The SMILES string of the molecule is B/C(=C(\O)C#C)c1c(B)c(B)c(O)c(B)c1Cc1c2ccccc2c(-c2ccc(NC(c3ccc4ccccc4c3)c3ccccc3N)cc2)c2ccccc12. The van der Waals surface area contributed by atoms with Crippen LogP contribution in [-0.4, -0.2) is 41.6 Å². The third-order valence-electron chi connectivity index (χ3n) is 11.6. The van der Waals surface area contributed by atoms with Gasteiger partial charge in [-0.2, -0.15) is 0 Å². The standard InChI is InChI=1S/C48H40B4N2O2/c1-2-40(55)44(50)42-38(43(49)48(56)46(52)45(42)51)26-37-32-13-5-7-15-34(32)41(35-16-8-6-14-33(35)37)28-21-23-31(24-22-28)54-47(36-17-9-10-18-39(36)53)30-20-19-27-11-3-4-12-29(27)25-30/h1,3-25,47,54-56H,26,49-53H2/b44-40-. The van der Waals surface area contributed by atoms with E-state index in [4.69, 9.17) is 12.2 Å². The van der Waals surface area contributed by atoms with Gasteiger partial charge in [0.15, 0.2) is 5.76 Å². The fourth-order valence-electron chi connectivity index (χ4n) is 8.46. The molecule has 8 rings (SSSR count). The Morgan fingerprint density at radius 2 is 1.27 bits per heavy atom. The summed E-state index contributed by atoms with van der Waals surface area (Å²) in [6, 6.07) is 48.7. The molecule has 0 bridgehead atoms. The number of aromatic hydroxyl groups is 1. The van der Waals surface area contributed by atoms with Gasteiger partial charge in [0.25, 0.3) is 0 Å². The molecule has 8 heteroatoms. The second-order valence-corrected chi connectivity index (χ2v) is 14.7. The fraction of sp³-hybridized carbons (Fsp3) is 0.0417. The van der Waals surface area contributed by atoms with Gasteiger partial charge < -0.3 is 21.3 Å². The van der Waals surface area contributed by atoms with Gasteiger partial charge in [-0.25, -0.2) is 0 Å². The fourth-order valence-corrected chi connectivity index (χ4v) is 8.46. The number of hydrogen-bond donors (Lipinski definition) is 4. The lowest BCUT2D eigenvalue weighted by Crippen LogP contribution is -2.37. The summed E-state index contributed by atoms with van der Waals surface area (Å²) >= 11 is 0. The van der Waals surface area contributed by atoms with Gasteiger partial charge in [0.05, 0.1) is 6.04 Å². The van der Waals surface area contributed by atoms with Crippen molar-refractivity contribution >= 4 is 96.9 Å². The van der Waals surface area contributed by atoms with Crippen LogP contribution < -0.4 is 27.4 Å². The summed E-state index contributed by atoms with van der Waals surface area (Å²) < 4.78 is 0. The number of benzene rings is 8. The Morgan fingerprint density at radius 3 is 1.91 bits per heavy atom. The van der Waals surface area contributed by atoms with E-state index >= 15 is 0 Å². The first kappa shape index (κ1) is 36.3. The molecule has 0 fully saturated rings. The summed E-state index contributed by atoms with van der Waals surface area (Å²) in [6.07, 6.45) is 6.22. The monoisotopic (exact) mass is 720 g/mol. The van der Waals surface area contributed by atoms with Crippen LogP contribution in [0.2, 0.25) is 0 Å². The molecule has 0 saturated heterocycles. The highest BCUT2D eigenvalue weighted by atomic mass is 16.3. The molecule has 0 aliphatic carbocycles. The van der Waals surface area contributed by atoms with E-state index in [0.717, 1.165) is 88.3 Å². The molecule has 0 radical (unpaired) electrons. The van der Waals surface area contributed by atoms with Crippen molar-refractivity contribution < 1.29 is 10.2 Å². The van der Waals surface area contributed by atoms with Crippen LogP contribution in [0.1, 0.15) is 33.9 Å². The third kappa shape index (κ3) is 6.36. The first-order valence-corrected chi connectivity index (χ1v) is 19.0. The van der Waals surface area contributed by atoms with Gasteiger partial charge in [-0.1, -0.05) is 126 Å². The van der Waals surface area contributed by atoms with Crippen molar-refractivity contribution in [1.29, 1.82) is 0 Å². The minimum absolute atomic E-state index is 0.0994. The van der Waals surface area contributed by atoms with Crippen LogP contribution in [0.25, 0.3) is 48.9 Å². The van der Waals surface area contributed by atoms with E-state index in [2.05, 4.69) is 133 Å². The predicted molar refractivity (Wildman–Crippen MR) is 250 cm³/mol. The maximum absolute atomic E-state index is 11.3. The molecule has 4 nitrogen and oxygen atoms in total. The predicted octanol–water partition coefficient (Wildman–Crippen LogP) is 5.16. The number of aliphatic hydroxyl groups excluding tert-OH is 1. The Morgan fingerprint density at radius 1 is 0.679 bits per heavy atom. The normalized spacial score (nSPS) is 12.3. The Kier molecular flexibility index (Phi) is 9.62. The first-order valence-electron chi connectivity index (χ1n) is 19.0. The molecule has 0 aliphatic rings. The van der Waals surface area contributed by atoms with E-state index in [1.165, 1.54) is 10.8 Å². The summed E-state index contributed by atoms with van der Waals surface area (Å²) in [4.78, 5) is 0. The van der Waals surface area contributed by atoms with Crippen LogP contribution >= 0.6 is 0 Å². The lowest BCUT2D eigenvalue weighted by Gasteiger charge is -2.24. The number of terminal acetylenes is 1. The number of aliphatic hydroxyl groups is 1. The minimum atomic E-state index is -0.160. The second kappa shape index (κ2) is 14.9. The Hall–Kier alpha value is -6.70. The molecule has 0 heterocycles. The molecule has 1 unspecified atom stereocenters. The summed E-state index contributed by atoms with van der Waals surface area (Å²) in [6.45, 7) is 0. The van der Waals surface area contributed by atoms with Crippen LogP contribution in [0, 0.1) is 12.3 Å². The molecule has 0 spiro atoms. The third-order valence-corrected chi connectivity index (χ3v) is 11.6. The largest absolute Gasteiger partial charge is 0.509 e. The van der Waals surface area contributed by atoms with Crippen molar-refractivity contribution in [2.45, 2.75) is 12.5 Å². The number of phenols is 1. The molecule has 5 N–H and O–H groups in total. The lowest BCUT2D eigenvalue weighted by atomic mass is 9.65. The van der Waals surface area contributed by atoms with E-state index in [9.17, 15) is 10.2 Å². The number of allylic oxidation sites excluding steroid dienone is 1. The highest BCUT2D eigenvalue weighted by Crippen LogP contribution is 2.41. The molecule has 0 aliphatic heterocycles. The molecular formula is C48H40B4N2O2. The molecule has 0 aromatic heterocycles. The molecule has 8 aromatic rings. The van der Waals surface area contributed by atoms with E-state index in [-0.39, 0.29) is 17.6 Å². The Balaban J connectivity index is 1.25. The smallest absolute Gasteiger partial charge is 0.160 e. The van der Waals surface area contributed by atoms with Gasteiger partial charge in [0, 0.05) is 16.9 Å². The molecule has 56 heavy (non-hydrogen) atoms. The van der Waals surface area contributed by atoms with Crippen LogP contribution in [0.15, 0.2) is 145 Å². The van der Waals surface area contributed by atoms with Crippen LogP contribution in [0.3, 0.4) is 0 Å². The number of nitrogens with two attached hydrogens (primary N) is 1. The maximum Gasteiger partial charge on any atom is 0.160 e. The number of phenolic OH excluding ortho intramolecular Hbond substituents is 1. The summed E-state index contributed by atoms with van der Waals surface area (Å²) in [5.41, 5.74) is 18.8. The van der Waals surface area contributed by atoms with E-state index in [0.29, 0.717) is 11.9 Å². The van der Waals surface area contributed by atoms with Crippen molar-refractivity contribution in [3.63, 3.8) is 0 Å². The van der Waals surface area contributed by atoms with Crippen LogP contribution in [0.5, 0.6) is 5.75 Å².